The molecule has 0 fully saturated rings. The fourth-order valence-electron chi connectivity index (χ4n) is 6.57. The van der Waals surface area contributed by atoms with Crippen LogP contribution < -0.4 is 0 Å². The first-order valence-corrected chi connectivity index (χ1v) is 14.2. The maximum atomic E-state index is 9.87. The van der Waals surface area contributed by atoms with Gasteiger partial charge in [-0.05, 0) is 89.6 Å². The topological polar surface area (TPSA) is 13.1 Å². The zero-order valence-electron chi connectivity index (χ0n) is 47.9. The summed E-state index contributed by atoms with van der Waals surface area (Å²) in [6.45, 7) is 3.06. The van der Waals surface area contributed by atoms with Gasteiger partial charge in [-0.1, -0.05) is 141 Å². The molecule has 1 nitrogen and oxygen atoms in total. The molecule has 0 spiro atoms. The maximum absolute atomic E-state index is 9.87. The van der Waals surface area contributed by atoms with Gasteiger partial charge < -0.3 is 4.42 Å². The summed E-state index contributed by atoms with van der Waals surface area (Å²) in [7, 11) is 0. The molecule has 8 aromatic carbocycles. The molecule has 0 N–H and O–H groups in total. The van der Waals surface area contributed by atoms with Crippen molar-refractivity contribution in [3.8, 4) is 33.4 Å². The molecule has 1 aromatic heterocycles. The van der Waals surface area contributed by atoms with Crippen LogP contribution in [0.15, 0.2) is 149 Å². The second kappa shape index (κ2) is 9.19. The number of hydrogen-bond acceptors (Lipinski definition) is 1. The average Bonchev–Trinajstić information content (AvgIpc) is 3.84. The lowest BCUT2D eigenvalue weighted by Gasteiger charge is -2.22. The van der Waals surface area contributed by atoms with Crippen LogP contribution >= 0.6 is 0 Å². The predicted octanol–water partition coefficient (Wildman–Crippen LogP) is 12.7. The summed E-state index contributed by atoms with van der Waals surface area (Å²) in [6, 6.07) is -18.8. The molecule has 216 valence electrons. The Bertz CT molecular complexity index is 4000. The summed E-state index contributed by atoms with van der Waals surface area (Å²) in [4.78, 5) is 0. The van der Waals surface area contributed by atoms with E-state index in [-0.39, 0.29) is 27.6 Å². The Balaban J connectivity index is 1.53. The summed E-state index contributed by atoms with van der Waals surface area (Å²) in [6.07, 6.45) is 0. The van der Waals surface area contributed by atoms with Gasteiger partial charge in [-0.3, -0.25) is 0 Å². The molecule has 1 aliphatic carbocycles. The Hall–Kier alpha value is -5.66. The van der Waals surface area contributed by atoms with Gasteiger partial charge in [-0.15, -0.1) is 0 Å². The highest BCUT2D eigenvalue weighted by molar-refractivity contribution is 6.24. The highest BCUT2D eigenvalue weighted by Gasteiger charge is 2.37. The van der Waals surface area contributed by atoms with Crippen molar-refractivity contribution in [2.45, 2.75) is 19.3 Å². The summed E-state index contributed by atoms with van der Waals surface area (Å²) in [5.41, 5.74) is -5.47. The molecule has 0 saturated carbocycles. The molecule has 10 rings (SSSR count). The minimum Gasteiger partial charge on any atom is -0.455 e. The number of fused-ring (bicyclic) bond motifs is 10. The first-order chi connectivity index (χ1) is 32.6. The van der Waals surface area contributed by atoms with Gasteiger partial charge in [0.15, 0.2) is 0 Å². The van der Waals surface area contributed by atoms with E-state index in [1.165, 1.54) is 13.8 Å². The summed E-state index contributed by atoms with van der Waals surface area (Å²) in [5, 5.41) is -4.12. The minimum atomic E-state index is -1.51. The lowest BCUT2D eigenvalue weighted by Crippen LogP contribution is -2.14. The summed E-state index contributed by atoms with van der Waals surface area (Å²) in [5.74, 6) is 0. The third-order valence-corrected chi connectivity index (χ3v) is 8.62. The van der Waals surface area contributed by atoms with E-state index in [1.807, 2.05) is 0 Å². The molecule has 1 heteroatoms. The zero-order valence-corrected chi connectivity index (χ0v) is 23.9. The smallest absolute Gasteiger partial charge is 0.143 e. The lowest BCUT2D eigenvalue weighted by molar-refractivity contribution is 0.660. The monoisotopic (exact) mass is 610 g/mol. The van der Waals surface area contributed by atoms with Gasteiger partial charge in [0.05, 0.1) is 32.9 Å². The van der Waals surface area contributed by atoms with Crippen molar-refractivity contribution in [2.75, 3.05) is 0 Å². The van der Waals surface area contributed by atoms with Crippen LogP contribution in [0.3, 0.4) is 0 Å². The van der Waals surface area contributed by atoms with Crippen LogP contribution in [0.25, 0.3) is 87.6 Å². The minimum absolute atomic E-state index is 0.0449. The maximum Gasteiger partial charge on any atom is 0.143 e. The molecule has 9 aromatic rings. The van der Waals surface area contributed by atoms with E-state index in [9.17, 15) is 13.7 Å². The van der Waals surface area contributed by atoms with Gasteiger partial charge >= 0.3 is 0 Å². The van der Waals surface area contributed by atoms with Gasteiger partial charge in [0.25, 0.3) is 0 Å². The van der Waals surface area contributed by atoms with Crippen molar-refractivity contribution in [1.82, 2.24) is 0 Å². The van der Waals surface area contributed by atoms with E-state index < -0.39 is 222 Å². The first-order valence-electron chi connectivity index (χ1n) is 26.2. The largest absolute Gasteiger partial charge is 0.455 e. The standard InChI is InChI=1S/C45H30O/c1-45(2)38-20-10-9-18-35(38)43-36(19-11-21-39(43)45)42-32-16-7-5-14-30(32)41(31-15-6-8-17-33(31)42)28-23-25-40-37(26-28)34-24-22-27-12-3-4-13-29(27)44(34)46-40/h3-26H,1-2H3/i3D,4D,5D,6D,7D,8D,9D,10D,11D,12D,13D,14D,15D,16D,17D,18D,19D,20D,21D,22D,23D,24D,25D,26D. The fraction of sp³-hybridized carbons (Fsp3) is 0.0667. The SMILES string of the molecule is [2H]c1c([2H])c([2H])c2c(c1[2H])-c1c(-c3c4c([2H])c([2H])c([2H])c([2H])c4c(-c4c([2H])c([2H])c5oc6c7c([2H])c([2H])c([2H])c([2H])c7c([2H])c([2H])c6c5c4[2H])c4c([2H])c([2H])c([2H])c([2H])c34)c([2H])c([2H])c([2H])c1C2(C)C. The fourth-order valence-corrected chi connectivity index (χ4v) is 6.57. The van der Waals surface area contributed by atoms with Crippen molar-refractivity contribution in [3.63, 3.8) is 0 Å². The molecule has 0 aliphatic heterocycles. The summed E-state index contributed by atoms with van der Waals surface area (Å²) >= 11 is 0. The van der Waals surface area contributed by atoms with Gasteiger partial charge in [0.2, 0.25) is 0 Å². The molecular weight excluding hydrogens is 556 g/mol. The van der Waals surface area contributed by atoms with Crippen LogP contribution in [-0.2, 0) is 5.41 Å². The van der Waals surface area contributed by atoms with Crippen molar-refractivity contribution in [3.05, 3.63) is 156 Å². The van der Waals surface area contributed by atoms with Crippen molar-refractivity contribution in [1.29, 1.82) is 0 Å². The first kappa shape index (κ1) is 11.6. The molecule has 0 bridgehead atoms. The Kier molecular flexibility index (Phi) is 2.32. The van der Waals surface area contributed by atoms with Gasteiger partial charge in [-0.25, -0.2) is 0 Å². The molecule has 0 amide bonds. The Morgan fingerprint density at radius 1 is 0.457 bits per heavy atom. The average molecular weight is 611 g/mol. The highest BCUT2D eigenvalue weighted by Crippen LogP contribution is 2.54. The van der Waals surface area contributed by atoms with Crippen molar-refractivity contribution >= 4 is 54.3 Å². The van der Waals surface area contributed by atoms with Crippen molar-refractivity contribution in [2.24, 2.45) is 0 Å². The van der Waals surface area contributed by atoms with Gasteiger partial charge in [0, 0.05) is 21.6 Å². The van der Waals surface area contributed by atoms with E-state index >= 15 is 0 Å². The molecule has 0 atom stereocenters. The van der Waals surface area contributed by atoms with Crippen LogP contribution in [0.1, 0.15) is 57.9 Å². The number of rotatable bonds is 2. The lowest BCUT2D eigenvalue weighted by atomic mass is 9.80. The molecule has 0 radical (unpaired) electrons. The van der Waals surface area contributed by atoms with E-state index in [0.717, 1.165) is 0 Å². The van der Waals surface area contributed by atoms with E-state index in [2.05, 4.69) is 0 Å². The Labute approximate surface area is 301 Å². The Morgan fingerprint density at radius 3 is 1.83 bits per heavy atom. The Morgan fingerprint density at radius 2 is 1.07 bits per heavy atom. The molecule has 0 unspecified atom stereocenters. The predicted molar refractivity (Wildman–Crippen MR) is 195 cm³/mol. The highest BCUT2D eigenvalue weighted by atomic mass is 16.3. The number of benzene rings is 8. The molecule has 46 heavy (non-hydrogen) atoms. The van der Waals surface area contributed by atoms with Crippen LogP contribution in [0.4, 0.5) is 0 Å². The van der Waals surface area contributed by atoms with Crippen LogP contribution in [-0.4, -0.2) is 0 Å². The van der Waals surface area contributed by atoms with Crippen LogP contribution in [0.2, 0.25) is 0 Å². The zero-order chi connectivity index (χ0) is 51.5. The second-order valence-electron chi connectivity index (χ2n) is 11.4. The summed E-state index contributed by atoms with van der Waals surface area (Å²) < 4.78 is 224. The van der Waals surface area contributed by atoms with Gasteiger partial charge in [-0.2, -0.15) is 0 Å². The third-order valence-electron chi connectivity index (χ3n) is 8.62. The number of hydrogen-bond donors (Lipinski definition) is 0. The molecular formula is C45H30O. The van der Waals surface area contributed by atoms with E-state index in [1.54, 1.807) is 0 Å². The van der Waals surface area contributed by atoms with E-state index in [4.69, 9.17) is 23.6 Å². The second-order valence-corrected chi connectivity index (χ2v) is 11.4. The quantitative estimate of drug-likeness (QED) is 0.177. The van der Waals surface area contributed by atoms with Crippen LogP contribution in [0, 0.1) is 0 Å². The molecule has 0 saturated heterocycles. The van der Waals surface area contributed by atoms with Crippen LogP contribution in [0.5, 0.6) is 0 Å². The number of furan rings is 1. The molecule has 1 heterocycles. The van der Waals surface area contributed by atoms with E-state index in [0.29, 0.717) is 0 Å². The van der Waals surface area contributed by atoms with Gasteiger partial charge in [0.1, 0.15) is 11.2 Å². The molecule has 1 aliphatic rings. The normalized spacial score (nSPS) is 20.9. The third kappa shape index (κ3) is 3.35. The van der Waals surface area contributed by atoms with Crippen molar-refractivity contribution < 1.29 is 37.3 Å².